The van der Waals surface area contributed by atoms with Crippen LogP contribution in [0.15, 0.2) is 53.9 Å². The summed E-state index contributed by atoms with van der Waals surface area (Å²) in [5.41, 5.74) is 3.18. The quantitative estimate of drug-likeness (QED) is 0.419. The largest absolute Gasteiger partial charge is 0.493 e. The molecule has 0 spiro atoms. The number of halogens is 1. The summed E-state index contributed by atoms with van der Waals surface area (Å²) in [5.74, 6) is 2.46. The number of nitrogens with zero attached hydrogens (tertiary/aromatic N) is 2. The number of hydrogen-bond donors (Lipinski definition) is 0. The Morgan fingerprint density at radius 2 is 1.89 bits per heavy atom. The number of rotatable bonds is 6. The smallest absolute Gasteiger partial charge is 0.160 e. The van der Waals surface area contributed by atoms with E-state index in [9.17, 15) is 0 Å². The average Bonchev–Trinajstić information content (AvgIpc) is 3.33. The van der Waals surface area contributed by atoms with Crippen molar-refractivity contribution in [2.75, 3.05) is 14.2 Å². The monoisotopic (exact) mass is 398 g/mol. The van der Waals surface area contributed by atoms with Crippen LogP contribution in [0.5, 0.6) is 11.5 Å². The number of imidazole rings is 1. The van der Waals surface area contributed by atoms with Crippen LogP contribution in [0.1, 0.15) is 5.56 Å². The highest BCUT2D eigenvalue weighted by Gasteiger charge is 2.14. The van der Waals surface area contributed by atoms with Crippen molar-refractivity contribution >= 4 is 34.0 Å². The number of thiophene rings is 1. The van der Waals surface area contributed by atoms with Crippen molar-refractivity contribution < 1.29 is 9.47 Å². The summed E-state index contributed by atoms with van der Waals surface area (Å²) in [6, 6.07) is 16.1. The number of fused-ring (bicyclic) bond motifs is 1. The van der Waals surface area contributed by atoms with E-state index in [1.807, 2.05) is 36.4 Å². The van der Waals surface area contributed by atoms with Gasteiger partial charge in [-0.05, 0) is 53.8 Å². The van der Waals surface area contributed by atoms with Crippen LogP contribution in [-0.4, -0.2) is 23.8 Å². The molecule has 2 aromatic carbocycles. The van der Waals surface area contributed by atoms with E-state index in [1.54, 1.807) is 25.6 Å². The van der Waals surface area contributed by atoms with Crippen molar-refractivity contribution in [3.05, 3.63) is 64.5 Å². The van der Waals surface area contributed by atoms with E-state index in [0.717, 1.165) is 46.2 Å². The molecule has 0 saturated carbocycles. The van der Waals surface area contributed by atoms with E-state index in [1.165, 1.54) is 5.56 Å². The number of hydrogen-bond acceptors (Lipinski definition) is 4. The minimum atomic E-state index is 0.699. The van der Waals surface area contributed by atoms with E-state index in [0.29, 0.717) is 5.02 Å². The molecule has 2 aromatic heterocycles. The molecule has 0 amide bonds. The Balaban J connectivity index is 1.70. The van der Waals surface area contributed by atoms with E-state index in [4.69, 9.17) is 26.1 Å². The highest BCUT2D eigenvalue weighted by Crippen LogP contribution is 2.31. The molecule has 2 heterocycles. The molecule has 0 atom stereocenters. The maximum absolute atomic E-state index is 6.17. The summed E-state index contributed by atoms with van der Waals surface area (Å²) >= 11 is 7.86. The van der Waals surface area contributed by atoms with Crippen LogP contribution in [0.25, 0.3) is 21.7 Å². The van der Waals surface area contributed by atoms with Crippen molar-refractivity contribution in [3.8, 4) is 22.2 Å². The molecule has 0 aliphatic rings. The maximum atomic E-state index is 6.17. The molecular formula is C21H19ClN2O2S. The second-order valence-corrected chi connectivity index (χ2v) is 7.52. The molecule has 0 aliphatic heterocycles. The number of ether oxygens (including phenoxy) is 2. The van der Waals surface area contributed by atoms with E-state index < -0.39 is 0 Å². The van der Waals surface area contributed by atoms with Crippen molar-refractivity contribution in [1.82, 2.24) is 9.55 Å². The molecule has 0 N–H and O–H groups in total. The molecule has 138 valence electrons. The lowest BCUT2D eigenvalue weighted by molar-refractivity contribution is 0.354. The van der Waals surface area contributed by atoms with Gasteiger partial charge in [0.05, 0.1) is 30.1 Å². The summed E-state index contributed by atoms with van der Waals surface area (Å²) in [4.78, 5) is 5.98. The molecule has 0 saturated heterocycles. The Labute approximate surface area is 166 Å². The molecule has 27 heavy (non-hydrogen) atoms. The van der Waals surface area contributed by atoms with Crippen LogP contribution >= 0.6 is 22.9 Å². The topological polar surface area (TPSA) is 36.3 Å². The van der Waals surface area contributed by atoms with Gasteiger partial charge in [0.2, 0.25) is 0 Å². The Hall–Kier alpha value is -2.50. The van der Waals surface area contributed by atoms with Crippen LogP contribution in [0.4, 0.5) is 0 Å². The molecule has 0 fully saturated rings. The lowest BCUT2D eigenvalue weighted by atomic mass is 10.1. The second-order valence-electron chi connectivity index (χ2n) is 6.14. The molecule has 4 nitrogen and oxygen atoms in total. The first-order valence-electron chi connectivity index (χ1n) is 8.60. The van der Waals surface area contributed by atoms with Crippen molar-refractivity contribution in [1.29, 1.82) is 0 Å². The molecule has 0 radical (unpaired) electrons. The predicted molar refractivity (Wildman–Crippen MR) is 111 cm³/mol. The third-order valence-electron chi connectivity index (χ3n) is 4.52. The Kier molecular flexibility index (Phi) is 5.05. The summed E-state index contributed by atoms with van der Waals surface area (Å²) in [7, 11) is 3.30. The van der Waals surface area contributed by atoms with Crippen LogP contribution < -0.4 is 9.47 Å². The zero-order valence-electron chi connectivity index (χ0n) is 15.1. The summed E-state index contributed by atoms with van der Waals surface area (Å²) < 4.78 is 13.0. The van der Waals surface area contributed by atoms with Crippen LogP contribution in [0, 0.1) is 0 Å². The first-order chi connectivity index (χ1) is 13.2. The fraction of sp³-hybridized carbons (Fsp3) is 0.190. The van der Waals surface area contributed by atoms with E-state index in [-0.39, 0.29) is 0 Å². The van der Waals surface area contributed by atoms with Gasteiger partial charge in [0.25, 0.3) is 0 Å². The van der Waals surface area contributed by atoms with Gasteiger partial charge in [0, 0.05) is 11.6 Å². The predicted octanol–water partition coefficient (Wildman–Crippen LogP) is 5.68. The van der Waals surface area contributed by atoms with Gasteiger partial charge in [-0.2, -0.15) is 0 Å². The van der Waals surface area contributed by atoms with E-state index in [2.05, 4.69) is 22.1 Å². The fourth-order valence-electron chi connectivity index (χ4n) is 3.20. The van der Waals surface area contributed by atoms with Crippen LogP contribution in [-0.2, 0) is 13.0 Å². The molecular weight excluding hydrogens is 380 g/mol. The van der Waals surface area contributed by atoms with Crippen molar-refractivity contribution in [2.45, 2.75) is 13.0 Å². The van der Waals surface area contributed by atoms with Crippen LogP contribution in [0.2, 0.25) is 5.02 Å². The lowest BCUT2D eigenvalue weighted by Gasteiger charge is -2.11. The van der Waals surface area contributed by atoms with Gasteiger partial charge in [-0.25, -0.2) is 4.98 Å². The Morgan fingerprint density at radius 3 is 2.63 bits per heavy atom. The molecule has 0 unspecified atom stereocenters. The minimum Gasteiger partial charge on any atom is -0.493 e. The third-order valence-corrected chi connectivity index (χ3v) is 5.62. The minimum absolute atomic E-state index is 0.699. The summed E-state index contributed by atoms with van der Waals surface area (Å²) in [6.45, 7) is 0.806. The number of aromatic nitrogens is 2. The fourth-order valence-corrected chi connectivity index (χ4v) is 4.09. The molecule has 6 heteroatoms. The third kappa shape index (κ3) is 3.53. The zero-order chi connectivity index (χ0) is 18.8. The Morgan fingerprint density at radius 1 is 1.04 bits per heavy atom. The number of methoxy groups -OCH3 is 2. The van der Waals surface area contributed by atoms with Gasteiger partial charge in [-0.3, -0.25) is 0 Å². The van der Waals surface area contributed by atoms with E-state index >= 15 is 0 Å². The SMILES string of the molecule is COc1ccc(CCn2c(-c3cccs3)nc3cc(Cl)ccc32)cc1OC. The van der Waals surface area contributed by atoms with Crippen molar-refractivity contribution in [2.24, 2.45) is 0 Å². The summed E-state index contributed by atoms with van der Waals surface area (Å²) in [6.07, 6.45) is 0.854. The van der Waals surface area contributed by atoms with Gasteiger partial charge in [0.15, 0.2) is 17.3 Å². The van der Waals surface area contributed by atoms with Gasteiger partial charge in [0.1, 0.15) is 0 Å². The molecule has 0 aliphatic carbocycles. The van der Waals surface area contributed by atoms with Crippen LogP contribution in [0.3, 0.4) is 0 Å². The molecule has 4 rings (SSSR count). The normalized spacial score (nSPS) is 11.1. The highest BCUT2D eigenvalue weighted by atomic mass is 35.5. The van der Waals surface area contributed by atoms with Gasteiger partial charge in [-0.15, -0.1) is 11.3 Å². The van der Waals surface area contributed by atoms with Gasteiger partial charge in [-0.1, -0.05) is 23.7 Å². The standard InChI is InChI=1S/C21H19ClN2O2S/c1-25-18-8-5-14(12-19(18)26-2)9-10-24-17-7-6-15(22)13-16(17)23-21(24)20-4-3-11-27-20/h3-8,11-13H,9-10H2,1-2H3. The molecule has 4 aromatic rings. The maximum Gasteiger partial charge on any atom is 0.160 e. The molecule has 0 bridgehead atoms. The number of benzene rings is 2. The van der Waals surface area contributed by atoms with Gasteiger partial charge >= 0.3 is 0 Å². The lowest BCUT2D eigenvalue weighted by Crippen LogP contribution is -2.03. The van der Waals surface area contributed by atoms with Crippen molar-refractivity contribution in [3.63, 3.8) is 0 Å². The number of aryl methyl sites for hydroxylation is 2. The highest BCUT2D eigenvalue weighted by molar-refractivity contribution is 7.13. The first kappa shape index (κ1) is 17.9. The summed E-state index contributed by atoms with van der Waals surface area (Å²) in [5, 5.41) is 2.77. The first-order valence-corrected chi connectivity index (χ1v) is 9.86. The Bertz CT molecular complexity index is 1070. The second kappa shape index (κ2) is 7.62. The zero-order valence-corrected chi connectivity index (χ0v) is 16.7. The van der Waals surface area contributed by atoms with Gasteiger partial charge < -0.3 is 14.0 Å². The average molecular weight is 399 g/mol.